The minimum atomic E-state index is -3.77. The van der Waals surface area contributed by atoms with Gasteiger partial charge in [-0.2, -0.15) is 0 Å². The molecule has 1 aliphatic heterocycles. The van der Waals surface area contributed by atoms with Crippen LogP contribution in [0.2, 0.25) is 30.2 Å². The van der Waals surface area contributed by atoms with Gasteiger partial charge >= 0.3 is 44.0 Å². The predicted molar refractivity (Wildman–Crippen MR) is 214 cm³/mol. The first-order valence-electron chi connectivity index (χ1n) is 19.6. The van der Waals surface area contributed by atoms with Gasteiger partial charge in [0.25, 0.3) is 0 Å². The number of rotatable bonds is 20. The molecule has 0 amide bonds. The number of hydrogen-bond acceptors (Lipinski definition) is 10. The first-order chi connectivity index (χ1) is 22.7. The fourth-order valence-corrected chi connectivity index (χ4v) is 33.0. The Labute approximate surface area is 314 Å². The Balaban J connectivity index is 4.72. The summed E-state index contributed by atoms with van der Waals surface area (Å²) in [6.07, 6.45) is -1.03. The standard InChI is InChI=1S/C35H80O10Si5/c1-26(2)21-46(36-31(11)12)41-47(22-27(3)4,37-32(13)14)43-49(24-29(7)8,39-34(17)18)45-50(25-30(9)10,40-35(19)20)44-48(42-46,23-28(5)6)38-33(15)16/h26-35H,21-25H2,1-20H3. The summed E-state index contributed by atoms with van der Waals surface area (Å²) < 4.78 is 73.5. The fourth-order valence-electron chi connectivity index (χ4n) is 6.48. The van der Waals surface area contributed by atoms with Gasteiger partial charge in [-0.25, -0.2) is 0 Å². The Morgan fingerprint density at radius 2 is 0.380 bits per heavy atom. The molecule has 1 fully saturated rings. The molecule has 0 atom stereocenters. The van der Waals surface area contributed by atoms with Crippen LogP contribution in [0.25, 0.3) is 0 Å². The molecule has 50 heavy (non-hydrogen) atoms. The van der Waals surface area contributed by atoms with E-state index in [4.69, 9.17) is 42.7 Å². The van der Waals surface area contributed by atoms with Crippen LogP contribution in [0.4, 0.5) is 0 Å². The van der Waals surface area contributed by atoms with E-state index in [1.165, 1.54) is 0 Å². The van der Waals surface area contributed by atoms with Crippen molar-refractivity contribution in [2.75, 3.05) is 0 Å². The average molecular weight is 801 g/mol. The van der Waals surface area contributed by atoms with E-state index in [2.05, 4.69) is 69.2 Å². The second-order valence-electron chi connectivity index (χ2n) is 17.7. The summed E-state index contributed by atoms with van der Waals surface area (Å²) in [5.74, 6) is 0.849. The lowest BCUT2D eigenvalue weighted by molar-refractivity contribution is -0.0150. The highest BCUT2D eigenvalue weighted by atomic mass is 28.6. The van der Waals surface area contributed by atoms with Crippen molar-refractivity contribution in [1.29, 1.82) is 0 Å². The second kappa shape index (κ2) is 20.6. The molecule has 1 heterocycles. The van der Waals surface area contributed by atoms with E-state index >= 15 is 0 Å². The Bertz CT molecular complexity index is 718. The van der Waals surface area contributed by atoms with Crippen LogP contribution in [0.15, 0.2) is 0 Å². The Morgan fingerprint density at radius 1 is 0.260 bits per heavy atom. The van der Waals surface area contributed by atoms with Gasteiger partial charge in [-0.1, -0.05) is 69.2 Å². The Kier molecular flexibility index (Phi) is 20.0. The first-order valence-corrected chi connectivity index (χ1v) is 29.3. The van der Waals surface area contributed by atoms with Crippen LogP contribution < -0.4 is 0 Å². The lowest BCUT2D eigenvalue weighted by Crippen LogP contribution is -2.74. The minimum Gasteiger partial charge on any atom is -0.372 e. The zero-order valence-electron chi connectivity index (χ0n) is 35.9. The lowest BCUT2D eigenvalue weighted by Gasteiger charge is -2.52. The number of hydrogen-bond donors (Lipinski definition) is 0. The van der Waals surface area contributed by atoms with Crippen LogP contribution in [0, 0.1) is 29.6 Å². The molecule has 0 spiro atoms. The van der Waals surface area contributed by atoms with Crippen LogP contribution in [-0.4, -0.2) is 74.5 Å². The van der Waals surface area contributed by atoms with Gasteiger partial charge in [0, 0.05) is 60.7 Å². The van der Waals surface area contributed by atoms with Crippen LogP contribution in [0.3, 0.4) is 0 Å². The SMILES string of the molecule is CC(C)C[Si]1(OC(C)C)O[Si](CC(C)C)(OC(C)C)O[Si](CC(C)C)(OC(C)C)O[Si](CC(C)C)(OC(C)C)O[Si](CC(C)C)(OC(C)C)O1. The summed E-state index contributed by atoms with van der Waals surface area (Å²) in [6.45, 7) is 42.2. The van der Waals surface area contributed by atoms with Gasteiger partial charge in [-0.15, -0.1) is 0 Å². The summed E-state index contributed by atoms with van der Waals surface area (Å²) in [6, 6.07) is 2.68. The van der Waals surface area contributed by atoms with E-state index < -0.39 is 44.0 Å². The predicted octanol–water partition coefficient (Wildman–Crippen LogP) is 10.2. The summed E-state index contributed by atoms with van der Waals surface area (Å²) in [7, 11) is -18.8. The molecule has 10 nitrogen and oxygen atoms in total. The molecule has 1 aliphatic rings. The van der Waals surface area contributed by atoms with Crippen molar-refractivity contribution >= 4 is 44.0 Å². The third-order valence-electron chi connectivity index (χ3n) is 6.92. The van der Waals surface area contributed by atoms with E-state index in [-0.39, 0.29) is 60.1 Å². The highest BCUT2D eigenvalue weighted by molar-refractivity contribution is 6.89. The van der Waals surface area contributed by atoms with Crippen molar-refractivity contribution in [3.63, 3.8) is 0 Å². The highest BCUT2D eigenvalue weighted by Gasteiger charge is 2.69. The third kappa shape index (κ3) is 17.0. The summed E-state index contributed by atoms with van der Waals surface area (Å²) in [5.41, 5.74) is 0. The zero-order chi connectivity index (χ0) is 38.9. The van der Waals surface area contributed by atoms with E-state index in [0.717, 1.165) is 0 Å². The van der Waals surface area contributed by atoms with Gasteiger partial charge in [-0.3, -0.25) is 0 Å². The molecule has 1 saturated heterocycles. The Morgan fingerprint density at radius 3 is 0.460 bits per heavy atom. The van der Waals surface area contributed by atoms with E-state index in [1.807, 2.05) is 69.2 Å². The maximum absolute atomic E-state index is 7.63. The van der Waals surface area contributed by atoms with Crippen molar-refractivity contribution in [3.05, 3.63) is 0 Å². The fraction of sp³-hybridized carbons (Fsp3) is 1.00. The third-order valence-corrected chi connectivity index (χ3v) is 30.1. The van der Waals surface area contributed by atoms with Gasteiger partial charge in [0.15, 0.2) is 0 Å². The summed E-state index contributed by atoms with van der Waals surface area (Å²) >= 11 is 0. The molecule has 300 valence electrons. The molecular weight excluding hydrogens is 721 g/mol. The molecule has 0 aromatic rings. The van der Waals surface area contributed by atoms with Gasteiger partial charge < -0.3 is 42.7 Å². The van der Waals surface area contributed by atoms with Gasteiger partial charge in [0.05, 0.1) is 0 Å². The van der Waals surface area contributed by atoms with Crippen LogP contribution >= 0.6 is 0 Å². The lowest BCUT2D eigenvalue weighted by atomic mass is 10.3. The van der Waals surface area contributed by atoms with Crippen molar-refractivity contribution in [1.82, 2.24) is 0 Å². The molecule has 15 heteroatoms. The van der Waals surface area contributed by atoms with Crippen molar-refractivity contribution in [2.24, 2.45) is 29.6 Å². The maximum Gasteiger partial charge on any atom is 0.486 e. The zero-order valence-corrected chi connectivity index (χ0v) is 40.9. The molecular formula is C35H80O10Si5. The van der Waals surface area contributed by atoms with Gasteiger partial charge in [-0.05, 0) is 98.8 Å². The molecule has 0 aliphatic carbocycles. The van der Waals surface area contributed by atoms with E-state index in [0.29, 0.717) is 30.2 Å². The maximum atomic E-state index is 7.63. The van der Waals surface area contributed by atoms with Crippen LogP contribution in [0.1, 0.15) is 138 Å². The first kappa shape index (κ1) is 48.7. The van der Waals surface area contributed by atoms with Crippen molar-refractivity contribution < 1.29 is 42.7 Å². The topological polar surface area (TPSA) is 92.3 Å². The molecule has 0 aromatic heterocycles. The Hall–Kier alpha value is 0.684. The van der Waals surface area contributed by atoms with Crippen molar-refractivity contribution in [3.8, 4) is 0 Å². The second-order valence-corrected chi connectivity index (χ2v) is 31.9. The molecule has 0 saturated carbocycles. The molecule has 0 radical (unpaired) electrons. The molecule has 0 unspecified atom stereocenters. The van der Waals surface area contributed by atoms with E-state index in [1.54, 1.807) is 0 Å². The van der Waals surface area contributed by atoms with Crippen LogP contribution in [0.5, 0.6) is 0 Å². The van der Waals surface area contributed by atoms with Crippen LogP contribution in [-0.2, 0) is 42.7 Å². The molecule has 1 rings (SSSR count). The summed E-state index contributed by atoms with van der Waals surface area (Å²) in [4.78, 5) is 0. The summed E-state index contributed by atoms with van der Waals surface area (Å²) in [5, 5.41) is 0. The van der Waals surface area contributed by atoms with Gasteiger partial charge in [0.1, 0.15) is 0 Å². The smallest absolute Gasteiger partial charge is 0.372 e. The molecule has 0 aromatic carbocycles. The normalized spacial score (nSPS) is 30.6. The molecule has 0 N–H and O–H groups in total. The monoisotopic (exact) mass is 800 g/mol. The average Bonchev–Trinajstić information content (AvgIpc) is 2.77. The van der Waals surface area contributed by atoms with Crippen molar-refractivity contribution in [2.45, 2.75) is 199 Å². The molecule has 0 bridgehead atoms. The van der Waals surface area contributed by atoms with Gasteiger partial charge in [0.2, 0.25) is 0 Å². The minimum absolute atomic E-state index is 0.170. The largest absolute Gasteiger partial charge is 0.486 e. The van der Waals surface area contributed by atoms with E-state index in [9.17, 15) is 0 Å². The highest BCUT2D eigenvalue weighted by Crippen LogP contribution is 2.44. The quantitative estimate of drug-likeness (QED) is 0.111.